The molecule has 0 heterocycles. The Balaban J connectivity index is 1.60. The monoisotopic (exact) mass is 420 g/mol. The van der Waals surface area contributed by atoms with Crippen LogP contribution in [0.25, 0.3) is 0 Å². The minimum Gasteiger partial charge on any atom is -0.490 e. The van der Waals surface area contributed by atoms with Crippen molar-refractivity contribution < 1.29 is 22.3 Å². The number of halogens is 1. The third-order valence-corrected chi connectivity index (χ3v) is 6.03. The van der Waals surface area contributed by atoms with E-state index in [1.165, 1.54) is 31.0 Å². The van der Waals surface area contributed by atoms with Crippen molar-refractivity contribution in [2.24, 2.45) is 0 Å². The predicted octanol–water partition coefficient (Wildman–Crippen LogP) is 3.55. The number of benzene rings is 2. The first-order valence-corrected chi connectivity index (χ1v) is 11.4. The molecule has 1 amide bonds. The summed E-state index contributed by atoms with van der Waals surface area (Å²) in [5, 5.41) is 2.67. The van der Waals surface area contributed by atoms with Gasteiger partial charge in [0.1, 0.15) is 11.6 Å². The van der Waals surface area contributed by atoms with Crippen LogP contribution in [0.4, 0.5) is 10.1 Å². The highest BCUT2D eigenvalue weighted by atomic mass is 32.2. The number of carbonyl (C=O) groups is 1. The van der Waals surface area contributed by atoms with Crippen LogP contribution in [0.15, 0.2) is 48.5 Å². The lowest BCUT2D eigenvalue weighted by Gasteiger charge is -2.20. The zero-order chi connectivity index (χ0) is 20.9. The predicted molar refractivity (Wildman–Crippen MR) is 110 cm³/mol. The second-order valence-electron chi connectivity index (χ2n) is 7.22. The molecule has 29 heavy (non-hydrogen) atoms. The van der Waals surface area contributed by atoms with Gasteiger partial charge < -0.3 is 10.1 Å². The Labute approximate surface area is 170 Å². The molecule has 0 spiro atoms. The van der Waals surface area contributed by atoms with Crippen molar-refractivity contribution >= 4 is 21.6 Å². The molecule has 3 rings (SSSR count). The molecule has 0 aliphatic heterocycles. The molecule has 8 heteroatoms. The van der Waals surface area contributed by atoms with E-state index in [-0.39, 0.29) is 18.2 Å². The van der Waals surface area contributed by atoms with Gasteiger partial charge in [0.2, 0.25) is 15.9 Å². The maximum atomic E-state index is 13.9. The fraction of sp³-hybridized carbons (Fsp3) is 0.381. The van der Waals surface area contributed by atoms with Crippen LogP contribution in [0, 0.1) is 5.82 Å². The van der Waals surface area contributed by atoms with Crippen molar-refractivity contribution in [2.45, 2.75) is 38.3 Å². The molecule has 0 radical (unpaired) electrons. The maximum absolute atomic E-state index is 13.9. The van der Waals surface area contributed by atoms with Crippen LogP contribution in [0.1, 0.15) is 31.2 Å². The van der Waals surface area contributed by atoms with Gasteiger partial charge in [-0.2, -0.15) is 4.31 Å². The van der Waals surface area contributed by atoms with Crippen molar-refractivity contribution in [1.82, 2.24) is 4.31 Å². The molecular formula is C21H25FN2O4S. The Kier molecular flexibility index (Phi) is 6.87. The number of carbonyl (C=O) groups excluding carboxylic acids is 1. The van der Waals surface area contributed by atoms with E-state index in [4.69, 9.17) is 4.74 Å². The molecule has 156 valence electrons. The van der Waals surface area contributed by atoms with Crippen LogP contribution in [0.2, 0.25) is 0 Å². The van der Waals surface area contributed by atoms with Crippen LogP contribution < -0.4 is 10.1 Å². The van der Waals surface area contributed by atoms with Crippen molar-refractivity contribution in [3.05, 3.63) is 59.9 Å². The third-order valence-electron chi connectivity index (χ3n) is 4.84. The normalized spacial score (nSPS) is 14.9. The summed E-state index contributed by atoms with van der Waals surface area (Å²) in [7, 11) is -3.70. The van der Waals surface area contributed by atoms with Gasteiger partial charge in [-0.3, -0.25) is 4.79 Å². The highest BCUT2D eigenvalue weighted by Gasteiger charge is 2.22. The van der Waals surface area contributed by atoms with Gasteiger partial charge in [-0.05, 0) is 56.0 Å². The van der Waals surface area contributed by atoms with Crippen molar-refractivity contribution in [1.29, 1.82) is 0 Å². The van der Waals surface area contributed by atoms with E-state index >= 15 is 0 Å². The molecule has 1 N–H and O–H groups in total. The Hall–Kier alpha value is -2.45. The van der Waals surface area contributed by atoms with Crippen LogP contribution in [0.5, 0.6) is 5.75 Å². The van der Waals surface area contributed by atoms with E-state index in [1.54, 1.807) is 30.3 Å². The number of hydrogen-bond donors (Lipinski definition) is 1. The van der Waals surface area contributed by atoms with Crippen LogP contribution in [-0.2, 0) is 21.4 Å². The quantitative estimate of drug-likeness (QED) is 0.709. The largest absolute Gasteiger partial charge is 0.490 e. The Bertz CT molecular complexity index is 941. The molecule has 0 saturated heterocycles. The number of anilines is 1. The first-order valence-electron chi connectivity index (χ1n) is 9.56. The van der Waals surface area contributed by atoms with Gasteiger partial charge in [0, 0.05) is 17.8 Å². The molecular weight excluding hydrogens is 395 g/mol. The average molecular weight is 421 g/mol. The minimum absolute atomic E-state index is 0.208. The summed E-state index contributed by atoms with van der Waals surface area (Å²) in [6.07, 6.45) is 5.72. The number of nitrogens with zero attached hydrogens (tertiary/aromatic N) is 1. The standard InChI is InChI=1S/C21H25FN2O4S/c1-29(26,27)24(14-16-6-2-5-9-20(16)22)15-21(25)23-17-10-12-19(13-11-17)28-18-7-3-4-8-18/h2,5-6,9-13,18H,3-4,7-8,14-15H2,1H3,(H,23,25). The van der Waals surface area contributed by atoms with Crippen molar-refractivity contribution in [3.8, 4) is 5.75 Å². The zero-order valence-corrected chi connectivity index (χ0v) is 17.1. The first-order chi connectivity index (χ1) is 13.8. The number of amides is 1. The van der Waals surface area contributed by atoms with Gasteiger partial charge >= 0.3 is 0 Å². The number of nitrogens with one attached hydrogen (secondary N) is 1. The van der Waals surface area contributed by atoms with Crippen molar-refractivity contribution in [2.75, 3.05) is 18.1 Å². The first kappa shape index (κ1) is 21.3. The third kappa shape index (κ3) is 6.27. The van der Waals surface area contributed by atoms with Crippen molar-refractivity contribution in [3.63, 3.8) is 0 Å². The van der Waals surface area contributed by atoms with Gasteiger partial charge in [0.25, 0.3) is 0 Å². The van der Waals surface area contributed by atoms with Gasteiger partial charge in [-0.1, -0.05) is 18.2 Å². The van der Waals surface area contributed by atoms with E-state index in [2.05, 4.69) is 5.32 Å². The lowest BCUT2D eigenvalue weighted by Crippen LogP contribution is -2.37. The Morgan fingerprint density at radius 3 is 2.41 bits per heavy atom. The maximum Gasteiger partial charge on any atom is 0.239 e. The smallest absolute Gasteiger partial charge is 0.239 e. The molecule has 1 saturated carbocycles. The van der Waals surface area contributed by atoms with Gasteiger partial charge in [0.05, 0.1) is 18.9 Å². The molecule has 2 aromatic carbocycles. The molecule has 0 unspecified atom stereocenters. The van der Waals surface area contributed by atoms with Crippen LogP contribution in [-0.4, -0.2) is 37.5 Å². The van der Waals surface area contributed by atoms with Gasteiger partial charge in [0.15, 0.2) is 0 Å². The summed E-state index contributed by atoms with van der Waals surface area (Å²) in [6.45, 7) is -0.624. The Morgan fingerprint density at radius 2 is 1.79 bits per heavy atom. The van der Waals surface area contributed by atoms with E-state index in [9.17, 15) is 17.6 Å². The minimum atomic E-state index is -3.70. The van der Waals surface area contributed by atoms with E-state index < -0.39 is 28.3 Å². The molecule has 0 bridgehead atoms. The highest BCUT2D eigenvalue weighted by molar-refractivity contribution is 7.88. The molecule has 1 fully saturated rings. The zero-order valence-electron chi connectivity index (χ0n) is 16.3. The molecule has 0 aromatic heterocycles. The average Bonchev–Trinajstić information content (AvgIpc) is 3.17. The fourth-order valence-corrected chi connectivity index (χ4v) is 4.01. The summed E-state index contributed by atoms with van der Waals surface area (Å²) in [6, 6.07) is 12.9. The fourth-order valence-electron chi connectivity index (χ4n) is 3.28. The second-order valence-corrected chi connectivity index (χ2v) is 9.20. The summed E-state index contributed by atoms with van der Waals surface area (Å²) in [5.41, 5.74) is 0.743. The van der Waals surface area contributed by atoms with Gasteiger partial charge in [-0.25, -0.2) is 12.8 Å². The lowest BCUT2D eigenvalue weighted by molar-refractivity contribution is -0.116. The van der Waals surface area contributed by atoms with E-state index in [1.807, 2.05) is 0 Å². The SMILES string of the molecule is CS(=O)(=O)N(CC(=O)Nc1ccc(OC2CCCC2)cc1)Cc1ccccc1F. The topological polar surface area (TPSA) is 75.7 Å². The molecule has 0 atom stereocenters. The summed E-state index contributed by atoms with van der Waals surface area (Å²) in [5.74, 6) is -0.275. The second kappa shape index (κ2) is 9.37. The number of rotatable bonds is 8. The molecule has 1 aliphatic carbocycles. The van der Waals surface area contributed by atoms with Gasteiger partial charge in [-0.15, -0.1) is 0 Å². The summed E-state index contributed by atoms with van der Waals surface area (Å²) < 4.78 is 44.8. The highest BCUT2D eigenvalue weighted by Crippen LogP contribution is 2.25. The number of sulfonamides is 1. The van der Waals surface area contributed by atoms with Crippen LogP contribution >= 0.6 is 0 Å². The summed E-state index contributed by atoms with van der Waals surface area (Å²) >= 11 is 0. The van der Waals surface area contributed by atoms with E-state index in [0.29, 0.717) is 5.69 Å². The van der Waals surface area contributed by atoms with E-state index in [0.717, 1.165) is 29.2 Å². The number of ether oxygens (including phenoxy) is 1. The summed E-state index contributed by atoms with van der Waals surface area (Å²) in [4.78, 5) is 12.4. The molecule has 1 aliphatic rings. The molecule has 6 nitrogen and oxygen atoms in total. The van der Waals surface area contributed by atoms with Crippen LogP contribution in [0.3, 0.4) is 0 Å². The number of hydrogen-bond acceptors (Lipinski definition) is 4. The lowest BCUT2D eigenvalue weighted by atomic mass is 10.2. The molecule has 2 aromatic rings. The Morgan fingerprint density at radius 1 is 1.14 bits per heavy atom.